The van der Waals surface area contributed by atoms with Crippen LogP contribution in [0.2, 0.25) is 0 Å². The first-order valence-electron chi connectivity index (χ1n) is 9.48. The maximum Gasteiger partial charge on any atom is 0.251 e. The van der Waals surface area contributed by atoms with Gasteiger partial charge in [0.15, 0.2) is 11.5 Å². The zero-order chi connectivity index (χ0) is 20.6. The van der Waals surface area contributed by atoms with Crippen LogP contribution in [0.1, 0.15) is 30.6 Å². The van der Waals surface area contributed by atoms with Crippen molar-refractivity contribution in [2.45, 2.75) is 20.3 Å². The van der Waals surface area contributed by atoms with Gasteiger partial charge in [0, 0.05) is 25.2 Å². The van der Waals surface area contributed by atoms with E-state index in [9.17, 15) is 13.2 Å². The summed E-state index contributed by atoms with van der Waals surface area (Å²) in [5, 5.41) is 2.65. The summed E-state index contributed by atoms with van der Waals surface area (Å²) in [6.07, 6.45) is 0.920. The minimum atomic E-state index is -3.40. The van der Waals surface area contributed by atoms with Gasteiger partial charge < -0.3 is 19.5 Å². The lowest BCUT2D eigenvalue weighted by molar-refractivity contribution is 0.0730. The van der Waals surface area contributed by atoms with E-state index in [2.05, 4.69) is 19.2 Å². The predicted molar refractivity (Wildman–Crippen MR) is 106 cm³/mol. The van der Waals surface area contributed by atoms with Gasteiger partial charge >= 0.3 is 0 Å². The van der Waals surface area contributed by atoms with Gasteiger partial charge in [-0.3, -0.25) is 4.79 Å². The Labute approximate surface area is 167 Å². The number of nitrogens with zero attached hydrogens (tertiary/aromatic N) is 1. The molecule has 1 heterocycles. The third-order valence-electron chi connectivity index (χ3n) is 4.39. The van der Waals surface area contributed by atoms with Crippen LogP contribution in [0.4, 0.5) is 0 Å². The van der Waals surface area contributed by atoms with E-state index in [-0.39, 0.29) is 18.2 Å². The van der Waals surface area contributed by atoms with E-state index >= 15 is 0 Å². The first kappa shape index (κ1) is 22.4. The minimum Gasteiger partial charge on any atom is -0.493 e. The van der Waals surface area contributed by atoms with Crippen molar-refractivity contribution in [3.8, 4) is 11.5 Å². The molecule has 1 saturated heterocycles. The molecule has 9 heteroatoms. The van der Waals surface area contributed by atoms with Gasteiger partial charge in [0.2, 0.25) is 10.0 Å². The molecule has 1 aliphatic heterocycles. The second kappa shape index (κ2) is 10.6. The molecule has 1 aromatic rings. The lowest BCUT2D eigenvalue weighted by Crippen LogP contribution is -2.43. The van der Waals surface area contributed by atoms with Crippen LogP contribution in [0.25, 0.3) is 0 Å². The Hall–Kier alpha value is -1.84. The molecular weight excluding hydrogens is 384 g/mol. The molecule has 1 aromatic carbocycles. The minimum absolute atomic E-state index is 0.0352. The Balaban J connectivity index is 1.89. The molecule has 1 fully saturated rings. The SMILES string of the molecule is COc1cc(C(=O)NCCS(=O)(=O)N2CCOCC2)ccc1OCCC(C)C. The highest BCUT2D eigenvalue weighted by atomic mass is 32.2. The van der Waals surface area contributed by atoms with Crippen LogP contribution in [0.3, 0.4) is 0 Å². The molecule has 0 bridgehead atoms. The molecule has 158 valence electrons. The zero-order valence-electron chi connectivity index (χ0n) is 16.8. The first-order chi connectivity index (χ1) is 13.3. The van der Waals surface area contributed by atoms with Crippen LogP contribution < -0.4 is 14.8 Å². The predicted octanol–water partition coefficient (Wildman–Crippen LogP) is 1.51. The van der Waals surface area contributed by atoms with Crippen LogP contribution in [0.15, 0.2) is 18.2 Å². The highest BCUT2D eigenvalue weighted by Gasteiger charge is 2.24. The largest absolute Gasteiger partial charge is 0.493 e. The van der Waals surface area contributed by atoms with E-state index in [0.29, 0.717) is 55.9 Å². The molecule has 0 unspecified atom stereocenters. The highest BCUT2D eigenvalue weighted by Crippen LogP contribution is 2.28. The molecule has 2 rings (SSSR count). The Morgan fingerprint density at radius 3 is 2.61 bits per heavy atom. The number of hydrogen-bond acceptors (Lipinski definition) is 6. The Morgan fingerprint density at radius 2 is 1.96 bits per heavy atom. The van der Waals surface area contributed by atoms with E-state index in [1.807, 2.05) is 0 Å². The van der Waals surface area contributed by atoms with Gasteiger partial charge in [-0.25, -0.2) is 8.42 Å². The number of sulfonamides is 1. The number of carbonyl (C=O) groups is 1. The number of carbonyl (C=O) groups excluding carboxylic acids is 1. The summed E-state index contributed by atoms with van der Waals surface area (Å²) in [5.74, 6) is 1.08. The van der Waals surface area contributed by atoms with Gasteiger partial charge in [-0.05, 0) is 30.5 Å². The third-order valence-corrected chi connectivity index (χ3v) is 6.26. The lowest BCUT2D eigenvalue weighted by Gasteiger charge is -2.26. The number of hydrogen-bond donors (Lipinski definition) is 1. The monoisotopic (exact) mass is 414 g/mol. The van der Waals surface area contributed by atoms with Gasteiger partial charge in [-0.1, -0.05) is 13.8 Å². The van der Waals surface area contributed by atoms with Gasteiger partial charge in [-0.2, -0.15) is 4.31 Å². The molecule has 0 atom stereocenters. The number of ether oxygens (including phenoxy) is 3. The zero-order valence-corrected chi connectivity index (χ0v) is 17.6. The average molecular weight is 415 g/mol. The lowest BCUT2D eigenvalue weighted by atomic mass is 10.1. The summed E-state index contributed by atoms with van der Waals surface area (Å²) in [5.41, 5.74) is 0.386. The number of rotatable bonds is 10. The summed E-state index contributed by atoms with van der Waals surface area (Å²) in [4.78, 5) is 12.4. The van der Waals surface area contributed by atoms with Gasteiger partial charge in [0.25, 0.3) is 5.91 Å². The normalized spacial score (nSPS) is 15.4. The molecule has 1 N–H and O–H groups in total. The van der Waals surface area contributed by atoms with Crippen molar-refractivity contribution >= 4 is 15.9 Å². The number of nitrogens with one attached hydrogen (secondary N) is 1. The molecule has 0 radical (unpaired) electrons. The fraction of sp³-hybridized carbons (Fsp3) is 0.632. The van der Waals surface area contributed by atoms with E-state index in [1.54, 1.807) is 18.2 Å². The van der Waals surface area contributed by atoms with Crippen molar-refractivity contribution in [2.24, 2.45) is 5.92 Å². The fourth-order valence-electron chi connectivity index (χ4n) is 2.68. The van der Waals surface area contributed by atoms with Gasteiger partial charge in [0.1, 0.15) is 0 Å². The standard InChI is InChI=1S/C19H30N2O6S/c1-15(2)6-10-27-17-5-4-16(14-18(17)25-3)19(22)20-7-13-28(23,24)21-8-11-26-12-9-21/h4-5,14-15H,6-13H2,1-3H3,(H,20,22). The van der Waals surface area contributed by atoms with E-state index in [0.717, 1.165) is 6.42 Å². The van der Waals surface area contributed by atoms with Crippen LogP contribution in [0.5, 0.6) is 11.5 Å². The summed E-state index contributed by atoms with van der Waals surface area (Å²) in [6, 6.07) is 4.92. The smallest absolute Gasteiger partial charge is 0.251 e. The molecule has 0 saturated carbocycles. The second-order valence-electron chi connectivity index (χ2n) is 6.98. The average Bonchev–Trinajstić information content (AvgIpc) is 2.68. The third kappa shape index (κ3) is 6.65. The van der Waals surface area contributed by atoms with Gasteiger partial charge in [-0.15, -0.1) is 0 Å². The second-order valence-corrected chi connectivity index (χ2v) is 9.07. The number of amides is 1. The fourth-order valence-corrected chi connectivity index (χ4v) is 4.01. The maximum absolute atomic E-state index is 12.4. The number of methoxy groups -OCH3 is 1. The molecule has 0 aromatic heterocycles. The maximum atomic E-state index is 12.4. The van der Waals surface area contributed by atoms with Crippen molar-refractivity contribution < 1.29 is 27.4 Å². The van der Waals surface area contributed by atoms with Crippen LogP contribution in [0, 0.1) is 5.92 Å². The van der Waals surface area contributed by atoms with Crippen molar-refractivity contribution in [1.82, 2.24) is 9.62 Å². The number of morpholine rings is 1. The van der Waals surface area contributed by atoms with Crippen molar-refractivity contribution in [3.63, 3.8) is 0 Å². The topological polar surface area (TPSA) is 94.2 Å². The first-order valence-corrected chi connectivity index (χ1v) is 11.1. The molecule has 28 heavy (non-hydrogen) atoms. The Morgan fingerprint density at radius 1 is 1.25 bits per heavy atom. The van der Waals surface area contributed by atoms with Crippen molar-refractivity contribution in [3.05, 3.63) is 23.8 Å². The summed E-state index contributed by atoms with van der Waals surface area (Å²) in [7, 11) is -1.89. The molecule has 0 spiro atoms. The molecule has 1 aliphatic rings. The molecule has 8 nitrogen and oxygen atoms in total. The quantitative estimate of drug-likeness (QED) is 0.624. The van der Waals surface area contributed by atoms with Gasteiger partial charge in [0.05, 0.1) is 32.7 Å². The van der Waals surface area contributed by atoms with E-state index < -0.39 is 10.0 Å². The van der Waals surface area contributed by atoms with E-state index in [4.69, 9.17) is 14.2 Å². The van der Waals surface area contributed by atoms with E-state index in [1.165, 1.54) is 11.4 Å². The van der Waals surface area contributed by atoms with Crippen molar-refractivity contribution in [1.29, 1.82) is 0 Å². The van der Waals surface area contributed by atoms with Crippen LogP contribution in [-0.2, 0) is 14.8 Å². The number of benzene rings is 1. The summed E-state index contributed by atoms with van der Waals surface area (Å²) < 4.78 is 42.1. The Kier molecular flexibility index (Phi) is 8.53. The summed E-state index contributed by atoms with van der Waals surface area (Å²) in [6.45, 7) is 6.35. The molecule has 1 amide bonds. The molecule has 0 aliphatic carbocycles. The van der Waals surface area contributed by atoms with Crippen molar-refractivity contribution in [2.75, 3.05) is 52.3 Å². The summed E-state index contributed by atoms with van der Waals surface area (Å²) >= 11 is 0. The Bertz CT molecular complexity index is 745. The van der Waals surface area contributed by atoms with Crippen LogP contribution in [-0.4, -0.2) is 70.9 Å². The highest BCUT2D eigenvalue weighted by molar-refractivity contribution is 7.89. The van der Waals surface area contributed by atoms with Crippen LogP contribution >= 0.6 is 0 Å². The molecular formula is C19H30N2O6S.